The molecule has 2 aromatic rings. The van der Waals surface area contributed by atoms with Crippen molar-refractivity contribution in [2.24, 2.45) is 5.92 Å². The Hall–Kier alpha value is -2.27. The molecule has 2 aliphatic rings. The SMILES string of the molecule is C[C@H]1CCN(c2cc(N3CCOCC3)cc(=O)[nH]2)[C@@H]1Cc1ccccc1. The van der Waals surface area contributed by atoms with Crippen LogP contribution in [0.5, 0.6) is 0 Å². The highest BCUT2D eigenvalue weighted by atomic mass is 16.5. The third-order valence-corrected chi connectivity index (χ3v) is 5.67. The number of H-pyrrole nitrogens is 1. The van der Waals surface area contributed by atoms with Crippen LogP contribution in [-0.4, -0.2) is 43.9 Å². The summed E-state index contributed by atoms with van der Waals surface area (Å²) in [6, 6.07) is 14.9. The van der Waals surface area contributed by atoms with E-state index in [-0.39, 0.29) is 5.56 Å². The van der Waals surface area contributed by atoms with Crippen molar-refractivity contribution in [1.82, 2.24) is 4.98 Å². The van der Waals surface area contributed by atoms with Gasteiger partial charge in [-0.15, -0.1) is 0 Å². The Balaban J connectivity index is 1.60. The second-order valence-electron chi connectivity index (χ2n) is 7.40. The van der Waals surface area contributed by atoms with Gasteiger partial charge in [0.15, 0.2) is 0 Å². The molecule has 2 saturated heterocycles. The third-order valence-electron chi connectivity index (χ3n) is 5.67. The molecule has 138 valence electrons. The fourth-order valence-electron chi connectivity index (χ4n) is 4.15. The van der Waals surface area contributed by atoms with Crippen LogP contribution in [0.25, 0.3) is 0 Å². The van der Waals surface area contributed by atoms with Crippen molar-refractivity contribution in [3.05, 3.63) is 58.4 Å². The number of rotatable bonds is 4. The van der Waals surface area contributed by atoms with Crippen molar-refractivity contribution in [1.29, 1.82) is 0 Å². The van der Waals surface area contributed by atoms with Crippen molar-refractivity contribution in [2.45, 2.75) is 25.8 Å². The van der Waals surface area contributed by atoms with E-state index in [2.05, 4.69) is 58.1 Å². The molecular formula is C21H27N3O2. The first-order valence-corrected chi connectivity index (χ1v) is 9.58. The lowest BCUT2D eigenvalue weighted by Crippen LogP contribution is -2.38. The molecule has 1 N–H and O–H groups in total. The minimum atomic E-state index is -0.0259. The van der Waals surface area contributed by atoms with E-state index in [1.165, 1.54) is 5.56 Å². The molecule has 2 fully saturated rings. The van der Waals surface area contributed by atoms with Gasteiger partial charge < -0.3 is 19.5 Å². The first kappa shape index (κ1) is 17.2. The summed E-state index contributed by atoms with van der Waals surface area (Å²) in [5, 5.41) is 0. The van der Waals surface area contributed by atoms with Crippen LogP contribution in [0, 0.1) is 5.92 Å². The Bertz CT molecular complexity index is 783. The molecule has 2 atom stereocenters. The fraction of sp³-hybridized carbons (Fsp3) is 0.476. The number of nitrogens with one attached hydrogen (secondary N) is 1. The first-order valence-electron chi connectivity index (χ1n) is 9.58. The van der Waals surface area contributed by atoms with Gasteiger partial charge in [-0.3, -0.25) is 4.79 Å². The molecule has 0 spiro atoms. The van der Waals surface area contributed by atoms with Crippen molar-refractivity contribution in [3.63, 3.8) is 0 Å². The Labute approximate surface area is 154 Å². The second-order valence-corrected chi connectivity index (χ2v) is 7.40. The monoisotopic (exact) mass is 353 g/mol. The number of ether oxygens (including phenoxy) is 1. The van der Waals surface area contributed by atoms with Gasteiger partial charge in [0.1, 0.15) is 5.82 Å². The number of hydrogen-bond acceptors (Lipinski definition) is 4. The molecule has 1 aromatic carbocycles. The summed E-state index contributed by atoms with van der Waals surface area (Å²) in [5.74, 6) is 1.55. The molecule has 0 radical (unpaired) electrons. The fourth-order valence-corrected chi connectivity index (χ4v) is 4.15. The number of anilines is 2. The van der Waals surface area contributed by atoms with Crippen molar-refractivity contribution >= 4 is 11.5 Å². The van der Waals surface area contributed by atoms with Gasteiger partial charge in [0.05, 0.1) is 13.2 Å². The molecule has 0 aliphatic carbocycles. The number of benzene rings is 1. The summed E-state index contributed by atoms with van der Waals surface area (Å²) in [4.78, 5) is 20.0. The average Bonchev–Trinajstić information content (AvgIpc) is 3.03. The van der Waals surface area contributed by atoms with Gasteiger partial charge in [0.2, 0.25) is 0 Å². The molecular weight excluding hydrogens is 326 g/mol. The van der Waals surface area contributed by atoms with Gasteiger partial charge >= 0.3 is 0 Å². The lowest BCUT2D eigenvalue weighted by Gasteiger charge is -2.32. The van der Waals surface area contributed by atoms with E-state index in [9.17, 15) is 4.79 Å². The van der Waals surface area contributed by atoms with Gasteiger partial charge in [-0.25, -0.2) is 0 Å². The number of aromatic amines is 1. The van der Waals surface area contributed by atoms with Crippen molar-refractivity contribution < 1.29 is 4.74 Å². The summed E-state index contributed by atoms with van der Waals surface area (Å²) in [5.41, 5.74) is 2.33. The number of morpholine rings is 1. The topological polar surface area (TPSA) is 48.6 Å². The highest BCUT2D eigenvalue weighted by molar-refractivity contribution is 5.56. The van der Waals surface area contributed by atoms with Gasteiger partial charge in [-0.1, -0.05) is 37.3 Å². The predicted octanol–water partition coefficient (Wildman–Crippen LogP) is 2.67. The largest absolute Gasteiger partial charge is 0.378 e. The zero-order chi connectivity index (χ0) is 17.9. The number of nitrogens with zero attached hydrogens (tertiary/aromatic N) is 2. The van der Waals surface area contributed by atoms with Gasteiger partial charge in [0, 0.05) is 43.5 Å². The van der Waals surface area contributed by atoms with Gasteiger partial charge in [0.25, 0.3) is 5.56 Å². The Morgan fingerprint density at radius 3 is 2.65 bits per heavy atom. The maximum absolute atomic E-state index is 12.3. The smallest absolute Gasteiger partial charge is 0.251 e. The highest BCUT2D eigenvalue weighted by Gasteiger charge is 2.32. The van der Waals surface area contributed by atoms with E-state index in [1.807, 2.05) is 0 Å². The summed E-state index contributed by atoms with van der Waals surface area (Å²) < 4.78 is 5.44. The molecule has 1 aromatic heterocycles. The molecule has 0 unspecified atom stereocenters. The zero-order valence-electron chi connectivity index (χ0n) is 15.4. The number of hydrogen-bond donors (Lipinski definition) is 1. The van der Waals surface area contributed by atoms with Crippen LogP contribution in [0.4, 0.5) is 11.5 Å². The molecule has 0 saturated carbocycles. The highest BCUT2D eigenvalue weighted by Crippen LogP contribution is 2.31. The molecule has 26 heavy (non-hydrogen) atoms. The summed E-state index contributed by atoms with van der Waals surface area (Å²) in [6.45, 7) is 6.43. The van der Waals surface area contributed by atoms with Gasteiger partial charge in [-0.05, 0) is 24.3 Å². The lowest BCUT2D eigenvalue weighted by atomic mass is 9.96. The van der Waals surface area contributed by atoms with Crippen LogP contribution < -0.4 is 15.4 Å². The van der Waals surface area contributed by atoms with Crippen LogP contribution in [0.2, 0.25) is 0 Å². The molecule has 3 heterocycles. The van der Waals surface area contributed by atoms with Crippen LogP contribution in [0.1, 0.15) is 18.9 Å². The quantitative estimate of drug-likeness (QED) is 0.918. The molecule has 2 aliphatic heterocycles. The summed E-state index contributed by atoms with van der Waals surface area (Å²) >= 11 is 0. The normalized spacial score (nSPS) is 23.4. The van der Waals surface area contributed by atoms with Crippen LogP contribution in [0.3, 0.4) is 0 Å². The van der Waals surface area contributed by atoms with E-state index >= 15 is 0 Å². The molecule has 0 bridgehead atoms. The second kappa shape index (κ2) is 7.54. The molecule has 0 amide bonds. The Morgan fingerprint density at radius 2 is 1.88 bits per heavy atom. The summed E-state index contributed by atoms with van der Waals surface area (Å²) in [7, 11) is 0. The van der Waals surface area contributed by atoms with Crippen molar-refractivity contribution in [3.8, 4) is 0 Å². The minimum absolute atomic E-state index is 0.0259. The number of pyridine rings is 1. The van der Waals surface area contributed by atoms with Crippen LogP contribution in [-0.2, 0) is 11.2 Å². The van der Waals surface area contributed by atoms with E-state index in [4.69, 9.17) is 4.74 Å². The first-order chi connectivity index (χ1) is 12.7. The molecule has 5 nitrogen and oxygen atoms in total. The van der Waals surface area contributed by atoms with E-state index in [0.717, 1.165) is 57.2 Å². The van der Waals surface area contributed by atoms with E-state index in [0.29, 0.717) is 12.0 Å². The van der Waals surface area contributed by atoms with Crippen molar-refractivity contribution in [2.75, 3.05) is 42.6 Å². The molecule has 4 rings (SSSR count). The lowest BCUT2D eigenvalue weighted by molar-refractivity contribution is 0.122. The summed E-state index contributed by atoms with van der Waals surface area (Å²) in [6.07, 6.45) is 2.16. The predicted molar refractivity (Wildman–Crippen MR) is 105 cm³/mol. The standard InChI is InChI=1S/C21H27N3O2/c1-16-7-8-24(19(16)13-17-5-3-2-4-6-17)20-14-18(15-21(25)22-20)23-9-11-26-12-10-23/h2-6,14-16,19H,7-13H2,1H3,(H,22,25)/t16-,19+/m0/s1. The van der Waals surface area contributed by atoms with E-state index in [1.54, 1.807) is 6.07 Å². The Kier molecular flexibility index (Phi) is 4.98. The minimum Gasteiger partial charge on any atom is -0.378 e. The third kappa shape index (κ3) is 3.63. The zero-order valence-corrected chi connectivity index (χ0v) is 15.4. The van der Waals surface area contributed by atoms with Gasteiger partial charge in [-0.2, -0.15) is 0 Å². The van der Waals surface area contributed by atoms with Crippen LogP contribution in [0.15, 0.2) is 47.3 Å². The molecule has 5 heteroatoms. The number of aromatic nitrogens is 1. The average molecular weight is 353 g/mol. The maximum atomic E-state index is 12.3. The Morgan fingerprint density at radius 1 is 1.12 bits per heavy atom. The van der Waals surface area contributed by atoms with Crippen LogP contribution >= 0.6 is 0 Å². The van der Waals surface area contributed by atoms with E-state index < -0.39 is 0 Å². The maximum Gasteiger partial charge on any atom is 0.251 e.